The van der Waals surface area contributed by atoms with Gasteiger partial charge in [-0.05, 0) is 5.56 Å². The predicted octanol–water partition coefficient (Wildman–Crippen LogP) is -1.21. The van der Waals surface area contributed by atoms with E-state index in [0.29, 0.717) is 0 Å². The van der Waals surface area contributed by atoms with E-state index in [1.165, 1.54) is 0 Å². The summed E-state index contributed by atoms with van der Waals surface area (Å²) in [6.45, 7) is 0. The van der Waals surface area contributed by atoms with Crippen molar-refractivity contribution in [1.29, 1.82) is 0 Å². The average Bonchev–Trinajstić information content (AvgIpc) is 2.46. The normalized spacial score (nSPS) is 12.7. The summed E-state index contributed by atoms with van der Waals surface area (Å²) in [4.78, 5) is 44.5. The van der Waals surface area contributed by atoms with Gasteiger partial charge in [-0.1, -0.05) is 30.3 Å². The summed E-state index contributed by atoms with van der Waals surface area (Å²) in [6, 6.07) is 6.36. The topological polar surface area (TPSA) is 139 Å². The molecule has 0 spiro atoms. The first-order chi connectivity index (χ1) is 10.4. The van der Waals surface area contributed by atoms with Gasteiger partial charge in [0.2, 0.25) is 18.2 Å². The van der Waals surface area contributed by atoms with E-state index in [4.69, 9.17) is 5.73 Å². The van der Waals surface area contributed by atoms with Gasteiger partial charge in [-0.2, -0.15) is 0 Å². The second kappa shape index (κ2) is 8.40. The van der Waals surface area contributed by atoms with Crippen LogP contribution >= 0.6 is 0 Å². The zero-order valence-electron chi connectivity index (χ0n) is 11.7. The molecule has 0 aliphatic heterocycles. The summed E-state index contributed by atoms with van der Waals surface area (Å²) < 4.78 is 0. The lowest BCUT2D eigenvalue weighted by molar-refractivity contribution is -0.142. The number of hydrogen-bond acceptors (Lipinski definition) is 4. The lowest BCUT2D eigenvalue weighted by Gasteiger charge is -2.19. The summed E-state index contributed by atoms with van der Waals surface area (Å²) in [6.07, 6.45) is -0.0886. The molecule has 3 amide bonds. The number of aliphatic carboxylic acids is 1. The minimum absolute atomic E-state index is 0.0757. The maximum atomic E-state index is 12.0. The summed E-state index contributed by atoms with van der Waals surface area (Å²) >= 11 is 0. The Morgan fingerprint density at radius 1 is 1.18 bits per heavy atom. The maximum Gasteiger partial charge on any atom is 0.326 e. The second-order valence-electron chi connectivity index (χ2n) is 4.60. The van der Waals surface area contributed by atoms with E-state index < -0.39 is 36.3 Å². The predicted molar refractivity (Wildman–Crippen MR) is 76.5 cm³/mol. The minimum Gasteiger partial charge on any atom is -0.480 e. The first kappa shape index (κ1) is 17.2. The minimum atomic E-state index is -1.22. The first-order valence-electron chi connectivity index (χ1n) is 6.49. The largest absolute Gasteiger partial charge is 0.480 e. The van der Waals surface area contributed by atoms with Crippen LogP contribution in [0.2, 0.25) is 0 Å². The molecule has 0 radical (unpaired) electrons. The maximum absolute atomic E-state index is 12.0. The van der Waals surface area contributed by atoms with Crippen molar-refractivity contribution in [1.82, 2.24) is 10.6 Å². The smallest absolute Gasteiger partial charge is 0.326 e. The summed E-state index contributed by atoms with van der Waals surface area (Å²) in [5.41, 5.74) is 5.71. The molecule has 1 rings (SSSR count). The van der Waals surface area contributed by atoms with Crippen LogP contribution in [0.1, 0.15) is 12.0 Å². The van der Waals surface area contributed by atoms with E-state index >= 15 is 0 Å². The van der Waals surface area contributed by atoms with Gasteiger partial charge >= 0.3 is 5.97 Å². The highest BCUT2D eigenvalue weighted by Crippen LogP contribution is 2.04. The highest BCUT2D eigenvalue weighted by molar-refractivity contribution is 5.91. The van der Waals surface area contributed by atoms with Gasteiger partial charge in [0.05, 0.1) is 6.42 Å². The third kappa shape index (κ3) is 5.61. The van der Waals surface area contributed by atoms with E-state index in [-0.39, 0.29) is 12.8 Å². The van der Waals surface area contributed by atoms with Gasteiger partial charge in [-0.15, -0.1) is 0 Å². The fourth-order valence-corrected chi connectivity index (χ4v) is 1.83. The molecule has 0 aromatic heterocycles. The number of amides is 3. The molecule has 5 N–H and O–H groups in total. The molecule has 1 aromatic carbocycles. The van der Waals surface area contributed by atoms with Crippen LogP contribution in [0.4, 0.5) is 0 Å². The van der Waals surface area contributed by atoms with E-state index in [1.807, 2.05) is 0 Å². The molecule has 0 saturated heterocycles. The Bertz CT molecular complexity index is 547. The van der Waals surface area contributed by atoms with Crippen molar-refractivity contribution in [3.63, 3.8) is 0 Å². The van der Waals surface area contributed by atoms with E-state index in [1.54, 1.807) is 30.3 Å². The molecule has 0 aliphatic carbocycles. The fraction of sp³-hybridized carbons (Fsp3) is 0.286. The van der Waals surface area contributed by atoms with Crippen molar-refractivity contribution in [2.75, 3.05) is 0 Å². The quantitative estimate of drug-likeness (QED) is 0.424. The Hall–Kier alpha value is -2.90. The van der Waals surface area contributed by atoms with Crippen molar-refractivity contribution in [2.24, 2.45) is 5.73 Å². The van der Waals surface area contributed by atoms with Gasteiger partial charge in [0.1, 0.15) is 12.1 Å². The molecule has 0 heterocycles. The van der Waals surface area contributed by atoms with E-state index in [2.05, 4.69) is 10.6 Å². The molecule has 8 nitrogen and oxygen atoms in total. The van der Waals surface area contributed by atoms with Crippen molar-refractivity contribution in [2.45, 2.75) is 24.9 Å². The third-order valence-electron chi connectivity index (χ3n) is 2.89. The number of primary amides is 1. The number of nitrogens with two attached hydrogens (primary N) is 1. The Morgan fingerprint density at radius 2 is 1.82 bits per heavy atom. The van der Waals surface area contributed by atoms with Gasteiger partial charge in [-0.25, -0.2) is 4.79 Å². The molecular formula is C14H17N3O5. The number of carboxylic acid groups (broad SMARTS) is 1. The van der Waals surface area contributed by atoms with E-state index in [0.717, 1.165) is 5.56 Å². The van der Waals surface area contributed by atoms with Crippen LogP contribution in [0.5, 0.6) is 0 Å². The number of hydrogen-bond donors (Lipinski definition) is 4. The first-order valence-corrected chi connectivity index (χ1v) is 6.49. The molecule has 0 unspecified atom stereocenters. The molecule has 1 aromatic rings. The van der Waals surface area contributed by atoms with Gasteiger partial charge < -0.3 is 21.5 Å². The Kier molecular flexibility index (Phi) is 6.55. The molecule has 0 saturated carbocycles. The molecule has 118 valence electrons. The van der Waals surface area contributed by atoms with Gasteiger partial charge in [0.25, 0.3) is 0 Å². The van der Waals surface area contributed by atoms with Crippen molar-refractivity contribution >= 4 is 24.2 Å². The summed E-state index contributed by atoms with van der Waals surface area (Å²) in [5.74, 6) is -2.79. The highest BCUT2D eigenvalue weighted by Gasteiger charge is 2.26. The van der Waals surface area contributed by atoms with Crippen LogP contribution in [0, 0.1) is 0 Å². The molecule has 2 atom stereocenters. The number of benzene rings is 1. The Balaban J connectivity index is 2.76. The van der Waals surface area contributed by atoms with Crippen LogP contribution in [-0.4, -0.2) is 41.4 Å². The summed E-state index contributed by atoms with van der Waals surface area (Å²) in [5, 5.41) is 13.6. The van der Waals surface area contributed by atoms with Crippen LogP contribution in [0.25, 0.3) is 0 Å². The standard InChI is InChI=1S/C14H17N3O5/c15-12(19)7-10(16-8-18)13(20)17-11(14(21)22)6-9-4-2-1-3-5-9/h1-5,8,10-11H,6-7H2,(H2,15,19)(H,16,18)(H,17,20)(H,21,22)/t10-,11-/m0/s1. The molecular weight excluding hydrogens is 290 g/mol. The molecule has 0 fully saturated rings. The lowest BCUT2D eigenvalue weighted by atomic mass is 10.1. The Morgan fingerprint density at radius 3 is 2.32 bits per heavy atom. The number of carbonyl (C=O) groups excluding carboxylic acids is 3. The third-order valence-corrected chi connectivity index (χ3v) is 2.89. The van der Waals surface area contributed by atoms with Gasteiger partial charge in [0, 0.05) is 6.42 Å². The van der Waals surface area contributed by atoms with Gasteiger partial charge in [0.15, 0.2) is 0 Å². The molecule has 0 bridgehead atoms. The van der Waals surface area contributed by atoms with Gasteiger partial charge in [-0.3, -0.25) is 14.4 Å². The SMILES string of the molecule is NC(=O)C[C@H](NC=O)C(=O)N[C@@H](Cc1ccccc1)C(=O)O. The summed E-state index contributed by atoms with van der Waals surface area (Å²) in [7, 11) is 0. The van der Waals surface area contributed by atoms with Crippen molar-refractivity contribution in [3.8, 4) is 0 Å². The number of rotatable bonds is 9. The lowest BCUT2D eigenvalue weighted by Crippen LogP contribution is -2.51. The number of carboxylic acids is 1. The van der Waals surface area contributed by atoms with Crippen molar-refractivity contribution in [3.05, 3.63) is 35.9 Å². The number of carbonyl (C=O) groups is 4. The zero-order valence-corrected chi connectivity index (χ0v) is 11.7. The van der Waals surface area contributed by atoms with Crippen LogP contribution < -0.4 is 16.4 Å². The monoisotopic (exact) mass is 307 g/mol. The molecule has 22 heavy (non-hydrogen) atoms. The average molecular weight is 307 g/mol. The fourth-order valence-electron chi connectivity index (χ4n) is 1.83. The van der Waals surface area contributed by atoms with Crippen LogP contribution in [0.15, 0.2) is 30.3 Å². The van der Waals surface area contributed by atoms with Crippen molar-refractivity contribution < 1.29 is 24.3 Å². The highest BCUT2D eigenvalue weighted by atomic mass is 16.4. The molecule has 8 heteroatoms. The Labute approximate surface area is 126 Å². The zero-order chi connectivity index (χ0) is 16.5. The second-order valence-corrected chi connectivity index (χ2v) is 4.60. The van der Waals surface area contributed by atoms with E-state index in [9.17, 15) is 24.3 Å². The van der Waals surface area contributed by atoms with Crippen LogP contribution in [-0.2, 0) is 25.6 Å². The number of nitrogens with one attached hydrogen (secondary N) is 2. The van der Waals surface area contributed by atoms with Crippen LogP contribution in [0.3, 0.4) is 0 Å². The molecule has 0 aliphatic rings.